The van der Waals surface area contributed by atoms with E-state index in [2.05, 4.69) is 10.6 Å². The van der Waals surface area contributed by atoms with Gasteiger partial charge < -0.3 is 20.1 Å². The standard InChI is InChI=1S/C25H26N2O5/c1-2-31-24(30)15-10-12-16(13-11-15)26-22(28)21-20-17-7-3-4-9-19(17)32-25(27-23(21)29)14-6-5-8-18(20)25/h3-4,7,9-13,18,20-21H,2,5-6,8,14H2,1H3,(H,26,28)(H,27,29). The first-order chi connectivity index (χ1) is 15.5. The van der Waals surface area contributed by atoms with Crippen LogP contribution in [0.4, 0.5) is 5.69 Å². The summed E-state index contributed by atoms with van der Waals surface area (Å²) >= 11 is 0. The molecule has 5 rings (SSSR count). The van der Waals surface area contributed by atoms with Crippen LogP contribution in [0.2, 0.25) is 0 Å². The fourth-order valence-corrected chi connectivity index (χ4v) is 5.48. The maximum Gasteiger partial charge on any atom is 0.338 e. The molecule has 1 aliphatic carbocycles. The van der Waals surface area contributed by atoms with Gasteiger partial charge in [0.15, 0.2) is 5.72 Å². The minimum absolute atomic E-state index is 0.0470. The Morgan fingerprint density at radius 2 is 1.94 bits per heavy atom. The molecule has 0 aromatic heterocycles. The molecule has 2 aromatic rings. The van der Waals surface area contributed by atoms with Gasteiger partial charge in [0.25, 0.3) is 0 Å². The molecule has 1 saturated heterocycles. The smallest absolute Gasteiger partial charge is 0.338 e. The third-order valence-corrected chi connectivity index (χ3v) is 6.84. The van der Waals surface area contributed by atoms with E-state index in [1.165, 1.54) is 0 Å². The van der Waals surface area contributed by atoms with Crippen molar-refractivity contribution >= 4 is 23.5 Å². The second kappa shape index (κ2) is 7.97. The van der Waals surface area contributed by atoms with Crippen LogP contribution in [-0.4, -0.2) is 30.1 Å². The highest BCUT2D eigenvalue weighted by atomic mass is 16.5. The average Bonchev–Trinajstić information content (AvgIpc) is 2.79. The Labute approximate surface area is 186 Å². The van der Waals surface area contributed by atoms with E-state index in [0.717, 1.165) is 37.0 Å². The van der Waals surface area contributed by atoms with Crippen LogP contribution in [0.1, 0.15) is 54.4 Å². The lowest BCUT2D eigenvalue weighted by atomic mass is 9.62. The molecule has 32 heavy (non-hydrogen) atoms. The molecule has 166 valence electrons. The van der Waals surface area contributed by atoms with Gasteiger partial charge in [-0.15, -0.1) is 0 Å². The topological polar surface area (TPSA) is 93.7 Å². The molecule has 2 fully saturated rings. The molecule has 0 spiro atoms. The summed E-state index contributed by atoms with van der Waals surface area (Å²) in [5.74, 6) is -1.38. The number of amides is 2. The number of benzene rings is 2. The van der Waals surface area contributed by atoms with Crippen molar-refractivity contribution in [2.75, 3.05) is 11.9 Å². The summed E-state index contributed by atoms with van der Waals surface area (Å²) in [5, 5.41) is 5.95. The molecule has 2 bridgehead atoms. The molecule has 1 saturated carbocycles. The molecular weight excluding hydrogens is 408 g/mol. The van der Waals surface area contributed by atoms with Crippen molar-refractivity contribution in [1.29, 1.82) is 0 Å². The molecule has 2 amide bonds. The van der Waals surface area contributed by atoms with Crippen LogP contribution in [0.5, 0.6) is 5.75 Å². The predicted octanol–water partition coefficient (Wildman–Crippen LogP) is 3.61. The van der Waals surface area contributed by atoms with Gasteiger partial charge in [-0.2, -0.15) is 0 Å². The SMILES string of the molecule is CCOC(=O)c1ccc(NC(=O)C2C(=O)NC34CCCCC3C2c2ccccc2O4)cc1. The molecule has 2 aliphatic heterocycles. The van der Waals surface area contributed by atoms with Crippen molar-refractivity contribution in [2.24, 2.45) is 11.8 Å². The molecule has 2 N–H and O–H groups in total. The number of piperidine rings is 1. The molecule has 4 unspecified atom stereocenters. The molecule has 0 radical (unpaired) electrons. The second-order valence-electron chi connectivity index (χ2n) is 8.66. The number of anilines is 1. The van der Waals surface area contributed by atoms with Gasteiger partial charge in [-0.25, -0.2) is 4.79 Å². The molecule has 4 atom stereocenters. The average molecular weight is 434 g/mol. The normalized spacial score (nSPS) is 27.8. The molecule has 7 heteroatoms. The lowest BCUT2D eigenvalue weighted by Gasteiger charge is -2.55. The lowest BCUT2D eigenvalue weighted by molar-refractivity contribution is -0.160. The predicted molar refractivity (Wildman–Crippen MR) is 117 cm³/mol. The highest BCUT2D eigenvalue weighted by Crippen LogP contribution is 2.55. The zero-order valence-electron chi connectivity index (χ0n) is 17.9. The van der Waals surface area contributed by atoms with E-state index in [0.29, 0.717) is 17.9 Å². The summed E-state index contributed by atoms with van der Waals surface area (Å²) in [6.07, 6.45) is 3.68. The van der Waals surface area contributed by atoms with Crippen molar-refractivity contribution in [1.82, 2.24) is 5.32 Å². The number of esters is 1. The van der Waals surface area contributed by atoms with Crippen molar-refractivity contribution in [2.45, 2.75) is 44.2 Å². The van der Waals surface area contributed by atoms with Crippen LogP contribution in [0.25, 0.3) is 0 Å². The van der Waals surface area contributed by atoms with Gasteiger partial charge in [0, 0.05) is 23.9 Å². The van der Waals surface area contributed by atoms with Gasteiger partial charge in [0.1, 0.15) is 11.7 Å². The van der Waals surface area contributed by atoms with Crippen LogP contribution in [0, 0.1) is 11.8 Å². The zero-order chi connectivity index (χ0) is 22.3. The Hall–Kier alpha value is -3.35. The van der Waals surface area contributed by atoms with E-state index in [4.69, 9.17) is 9.47 Å². The number of nitrogens with one attached hydrogen (secondary N) is 2. The van der Waals surface area contributed by atoms with Crippen molar-refractivity contribution in [3.63, 3.8) is 0 Å². The minimum Gasteiger partial charge on any atom is -0.467 e. The highest BCUT2D eigenvalue weighted by Gasteiger charge is 2.60. The zero-order valence-corrected chi connectivity index (χ0v) is 17.9. The van der Waals surface area contributed by atoms with Crippen LogP contribution < -0.4 is 15.4 Å². The van der Waals surface area contributed by atoms with Gasteiger partial charge in [0.05, 0.1) is 12.2 Å². The number of ether oxygens (including phenoxy) is 2. The number of para-hydroxylation sites is 1. The van der Waals surface area contributed by atoms with E-state index in [1.54, 1.807) is 31.2 Å². The number of carbonyl (C=O) groups excluding carboxylic acids is 3. The molecule has 2 aromatic carbocycles. The van der Waals surface area contributed by atoms with Gasteiger partial charge in [0.2, 0.25) is 11.8 Å². The fraction of sp³-hybridized carbons (Fsp3) is 0.400. The number of hydrogen-bond donors (Lipinski definition) is 2. The van der Waals surface area contributed by atoms with Gasteiger partial charge in [-0.3, -0.25) is 9.59 Å². The highest BCUT2D eigenvalue weighted by molar-refractivity contribution is 6.08. The molecule has 7 nitrogen and oxygen atoms in total. The monoisotopic (exact) mass is 434 g/mol. The number of carbonyl (C=O) groups is 3. The Bertz CT molecular complexity index is 1070. The number of hydrogen-bond acceptors (Lipinski definition) is 5. The summed E-state index contributed by atoms with van der Waals surface area (Å²) in [6.45, 7) is 2.04. The first-order valence-electron chi connectivity index (χ1n) is 11.2. The van der Waals surface area contributed by atoms with Gasteiger partial charge >= 0.3 is 5.97 Å². The molecule has 2 heterocycles. The summed E-state index contributed by atoms with van der Waals surface area (Å²) in [7, 11) is 0. The first kappa shape index (κ1) is 20.5. The molecule has 3 aliphatic rings. The van der Waals surface area contributed by atoms with Crippen molar-refractivity contribution in [3.8, 4) is 5.75 Å². The van der Waals surface area contributed by atoms with Crippen LogP contribution in [0.15, 0.2) is 48.5 Å². The summed E-state index contributed by atoms with van der Waals surface area (Å²) in [5.41, 5.74) is 1.12. The van der Waals surface area contributed by atoms with Crippen molar-refractivity contribution in [3.05, 3.63) is 59.7 Å². The maximum absolute atomic E-state index is 13.4. The fourth-order valence-electron chi connectivity index (χ4n) is 5.48. The summed E-state index contributed by atoms with van der Waals surface area (Å²) in [6, 6.07) is 14.2. The van der Waals surface area contributed by atoms with E-state index >= 15 is 0 Å². The Balaban J connectivity index is 1.44. The van der Waals surface area contributed by atoms with E-state index in [1.807, 2.05) is 24.3 Å². The summed E-state index contributed by atoms with van der Waals surface area (Å²) in [4.78, 5) is 38.4. The van der Waals surface area contributed by atoms with Crippen LogP contribution in [-0.2, 0) is 14.3 Å². The quantitative estimate of drug-likeness (QED) is 0.566. The summed E-state index contributed by atoms with van der Waals surface area (Å²) < 4.78 is 11.4. The third kappa shape index (κ3) is 3.32. The third-order valence-electron chi connectivity index (χ3n) is 6.84. The van der Waals surface area contributed by atoms with E-state index < -0.39 is 17.6 Å². The Morgan fingerprint density at radius 1 is 1.16 bits per heavy atom. The molecular formula is C25H26N2O5. The Kier molecular flexibility index (Phi) is 5.12. The van der Waals surface area contributed by atoms with Gasteiger partial charge in [-0.1, -0.05) is 24.6 Å². The lowest BCUT2D eigenvalue weighted by Crippen LogP contribution is -2.69. The number of rotatable bonds is 4. The van der Waals surface area contributed by atoms with E-state index in [-0.39, 0.29) is 23.7 Å². The van der Waals surface area contributed by atoms with Crippen molar-refractivity contribution < 1.29 is 23.9 Å². The largest absolute Gasteiger partial charge is 0.467 e. The number of fused-ring (bicyclic) bond motifs is 2. The first-order valence-corrected chi connectivity index (χ1v) is 11.2. The van der Waals surface area contributed by atoms with E-state index in [9.17, 15) is 14.4 Å². The van der Waals surface area contributed by atoms with Gasteiger partial charge in [-0.05, 0) is 55.7 Å². The van der Waals surface area contributed by atoms with Crippen LogP contribution >= 0.6 is 0 Å². The van der Waals surface area contributed by atoms with Crippen LogP contribution in [0.3, 0.4) is 0 Å². The Morgan fingerprint density at radius 3 is 2.72 bits per heavy atom. The second-order valence-corrected chi connectivity index (χ2v) is 8.66. The maximum atomic E-state index is 13.4. The minimum atomic E-state index is -0.860.